The highest BCUT2D eigenvalue weighted by Gasteiger charge is 2.27. The number of hydrogen-bond donors (Lipinski definition) is 0. The molecule has 132 valence electrons. The maximum Gasteiger partial charge on any atom is 0.409 e. The fourth-order valence-corrected chi connectivity index (χ4v) is 3.07. The molecule has 1 saturated heterocycles. The van der Waals surface area contributed by atoms with Gasteiger partial charge in [0.1, 0.15) is 5.75 Å². The predicted octanol–water partition coefficient (Wildman–Crippen LogP) is 2.53. The van der Waals surface area contributed by atoms with Crippen molar-refractivity contribution < 1.29 is 19.1 Å². The van der Waals surface area contributed by atoms with Gasteiger partial charge in [-0.1, -0.05) is 0 Å². The second-order valence-electron chi connectivity index (χ2n) is 6.00. The molecule has 0 spiro atoms. The Bertz CT molecular complexity index is 634. The molecular weight excluding hydrogens is 308 g/mol. The van der Waals surface area contributed by atoms with E-state index in [0.717, 1.165) is 22.4 Å². The first-order valence-corrected chi connectivity index (χ1v) is 8.26. The van der Waals surface area contributed by atoms with Crippen LogP contribution < -0.4 is 4.74 Å². The maximum atomic E-state index is 12.9. The number of amides is 2. The van der Waals surface area contributed by atoms with E-state index < -0.39 is 0 Å². The second kappa shape index (κ2) is 7.55. The lowest BCUT2D eigenvalue weighted by Crippen LogP contribution is -2.50. The van der Waals surface area contributed by atoms with Gasteiger partial charge in [0, 0.05) is 31.7 Å². The largest absolute Gasteiger partial charge is 0.496 e. The van der Waals surface area contributed by atoms with Crippen LogP contribution in [0.5, 0.6) is 5.75 Å². The molecule has 0 radical (unpaired) electrons. The van der Waals surface area contributed by atoms with Gasteiger partial charge in [0.2, 0.25) is 0 Å². The van der Waals surface area contributed by atoms with Crippen molar-refractivity contribution in [2.24, 2.45) is 0 Å². The summed E-state index contributed by atoms with van der Waals surface area (Å²) in [5, 5.41) is 0. The monoisotopic (exact) mass is 334 g/mol. The van der Waals surface area contributed by atoms with Crippen LogP contribution in [-0.2, 0) is 4.74 Å². The van der Waals surface area contributed by atoms with E-state index in [4.69, 9.17) is 9.47 Å². The summed E-state index contributed by atoms with van der Waals surface area (Å²) < 4.78 is 10.4. The van der Waals surface area contributed by atoms with Gasteiger partial charge in [-0.2, -0.15) is 0 Å². The smallest absolute Gasteiger partial charge is 0.409 e. The van der Waals surface area contributed by atoms with E-state index >= 15 is 0 Å². The zero-order chi connectivity index (χ0) is 17.9. The minimum Gasteiger partial charge on any atom is -0.496 e. The maximum absolute atomic E-state index is 12.9. The molecule has 0 bridgehead atoms. The Morgan fingerprint density at radius 3 is 2.17 bits per heavy atom. The number of benzene rings is 1. The molecule has 1 aliphatic heterocycles. The number of nitrogens with zero attached hydrogens (tertiary/aromatic N) is 2. The van der Waals surface area contributed by atoms with Crippen LogP contribution >= 0.6 is 0 Å². The molecule has 1 aromatic rings. The number of methoxy groups -OCH3 is 1. The Morgan fingerprint density at radius 2 is 1.62 bits per heavy atom. The first kappa shape index (κ1) is 18.1. The molecule has 1 aliphatic rings. The highest BCUT2D eigenvalue weighted by atomic mass is 16.6. The summed E-state index contributed by atoms with van der Waals surface area (Å²) in [6.07, 6.45) is -0.308. The minimum absolute atomic E-state index is 0.00450. The molecule has 0 atom stereocenters. The third-order valence-corrected chi connectivity index (χ3v) is 4.55. The Kier molecular flexibility index (Phi) is 5.70. The van der Waals surface area contributed by atoms with Gasteiger partial charge in [-0.05, 0) is 50.5 Å². The predicted molar refractivity (Wildman–Crippen MR) is 91.7 cm³/mol. The van der Waals surface area contributed by atoms with Crippen molar-refractivity contribution in [3.63, 3.8) is 0 Å². The summed E-state index contributed by atoms with van der Waals surface area (Å²) in [4.78, 5) is 28.1. The molecule has 6 nitrogen and oxygen atoms in total. The fraction of sp³-hybridized carbons (Fsp3) is 0.556. The summed E-state index contributed by atoms with van der Waals surface area (Å²) in [6, 6.07) is 1.89. The van der Waals surface area contributed by atoms with Crippen LogP contribution in [0, 0.1) is 20.8 Å². The van der Waals surface area contributed by atoms with Gasteiger partial charge in [0.15, 0.2) is 0 Å². The molecule has 6 heteroatoms. The summed E-state index contributed by atoms with van der Waals surface area (Å²) in [5.41, 5.74) is 3.59. The minimum atomic E-state index is -0.308. The SMILES string of the molecule is CCOC(=O)N1CCN(C(=O)c2cc(C)c(OC)c(C)c2C)CC1. The quantitative estimate of drug-likeness (QED) is 0.852. The van der Waals surface area contributed by atoms with Crippen LogP contribution in [-0.4, -0.2) is 61.7 Å². The van der Waals surface area contributed by atoms with E-state index in [9.17, 15) is 9.59 Å². The van der Waals surface area contributed by atoms with E-state index in [1.54, 1.807) is 23.8 Å². The van der Waals surface area contributed by atoms with Gasteiger partial charge >= 0.3 is 6.09 Å². The number of aryl methyl sites for hydroxylation is 1. The van der Waals surface area contributed by atoms with Crippen molar-refractivity contribution >= 4 is 12.0 Å². The summed E-state index contributed by atoms with van der Waals surface area (Å²) in [7, 11) is 1.64. The Balaban J connectivity index is 2.13. The average molecular weight is 334 g/mol. The molecule has 0 aliphatic carbocycles. The van der Waals surface area contributed by atoms with Crippen LogP contribution in [0.2, 0.25) is 0 Å². The van der Waals surface area contributed by atoms with Gasteiger partial charge in [-0.15, -0.1) is 0 Å². The van der Waals surface area contributed by atoms with Crippen LogP contribution in [0.4, 0.5) is 4.79 Å². The third kappa shape index (κ3) is 3.47. The summed E-state index contributed by atoms with van der Waals surface area (Å²) in [5.74, 6) is 0.834. The van der Waals surface area contributed by atoms with E-state index in [1.807, 2.05) is 26.8 Å². The Hall–Kier alpha value is -2.24. The van der Waals surface area contributed by atoms with E-state index in [0.29, 0.717) is 38.3 Å². The average Bonchev–Trinajstić information content (AvgIpc) is 2.58. The lowest BCUT2D eigenvalue weighted by molar-refractivity contribution is 0.0569. The molecule has 0 saturated carbocycles. The fourth-order valence-electron chi connectivity index (χ4n) is 3.07. The molecule has 0 aromatic heterocycles. The molecule has 0 N–H and O–H groups in total. The number of rotatable bonds is 3. The van der Waals surface area contributed by atoms with Gasteiger partial charge < -0.3 is 19.3 Å². The lowest BCUT2D eigenvalue weighted by atomic mass is 9.97. The van der Waals surface area contributed by atoms with Crippen LogP contribution in [0.25, 0.3) is 0 Å². The number of carbonyl (C=O) groups is 2. The molecule has 0 unspecified atom stereocenters. The Labute approximate surface area is 143 Å². The van der Waals surface area contributed by atoms with Gasteiger partial charge in [-0.3, -0.25) is 4.79 Å². The van der Waals surface area contributed by atoms with E-state index in [-0.39, 0.29) is 12.0 Å². The van der Waals surface area contributed by atoms with Crippen molar-refractivity contribution in [3.05, 3.63) is 28.3 Å². The van der Waals surface area contributed by atoms with Crippen molar-refractivity contribution in [2.75, 3.05) is 39.9 Å². The van der Waals surface area contributed by atoms with Crippen LogP contribution in [0.1, 0.15) is 34.0 Å². The number of ether oxygens (including phenoxy) is 2. The topological polar surface area (TPSA) is 59.1 Å². The van der Waals surface area contributed by atoms with Gasteiger partial charge in [-0.25, -0.2) is 4.79 Å². The van der Waals surface area contributed by atoms with Crippen molar-refractivity contribution in [1.29, 1.82) is 0 Å². The molecule has 2 amide bonds. The zero-order valence-corrected chi connectivity index (χ0v) is 15.1. The number of carbonyl (C=O) groups excluding carboxylic acids is 2. The molecular formula is C18H26N2O4. The van der Waals surface area contributed by atoms with Gasteiger partial charge in [0.05, 0.1) is 13.7 Å². The van der Waals surface area contributed by atoms with Crippen molar-refractivity contribution in [1.82, 2.24) is 9.80 Å². The van der Waals surface area contributed by atoms with E-state index in [2.05, 4.69) is 0 Å². The first-order chi connectivity index (χ1) is 11.4. The third-order valence-electron chi connectivity index (χ3n) is 4.55. The normalized spacial score (nSPS) is 14.5. The Morgan fingerprint density at radius 1 is 1.04 bits per heavy atom. The highest BCUT2D eigenvalue weighted by molar-refractivity contribution is 5.96. The van der Waals surface area contributed by atoms with Crippen molar-refractivity contribution in [2.45, 2.75) is 27.7 Å². The van der Waals surface area contributed by atoms with Crippen molar-refractivity contribution in [3.8, 4) is 5.75 Å². The second-order valence-corrected chi connectivity index (χ2v) is 6.00. The molecule has 2 rings (SSSR count). The van der Waals surface area contributed by atoms with E-state index in [1.165, 1.54) is 0 Å². The first-order valence-electron chi connectivity index (χ1n) is 8.26. The standard InChI is InChI=1S/C18H26N2O4/c1-6-24-18(22)20-9-7-19(8-10-20)17(21)15-11-12(2)16(23-5)14(4)13(15)3/h11H,6-10H2,1-5H3. The highest BCUT2D eigenvalue weighted by Crippen LogP contribution is 2.29. The van der Waals surface area contributed by atoms with Crippen LogP contribution in [0.15, 0.2) is 6.07 Å². The lowest BCUT2D eigenvalue weighted by Gasteiger charge is -2.34. The molecule has 1 heterocycles. The number of hydrogen-bond acceptors (Lipinski definition) is 4. The molecule has 1 aromatic carbocycles. The van der Waals surface area contributed by atoms with Gasteiger partial charge in [0.25, 0.3) is 5.91 Å². The zero-order valence-electron chi connectivity index (χ0n) is 15.1. The number of piperazine rings is 1. The summed E-state index contributed by atoms with van der Waals surface area (Å²) in [6.45, 7) is 10.0. The molecule has 1 fully saturated rings. The van der Waals surface area contributed by atoms with Crippen LogP contribution in [0.3, 0.4) is 0 Å². The summed E-state index contributed by atoms with van der Waals surface area (Å²) >= 11 is 0. The molecule has 24 heavy (non-hydrogen) atoms.